The largest absolute Gasteiger partial charge is 0.469 e. The maximum atomic E-state index is 12.3. The molecule has 0 aromatic rings. The van der Waals surface area contributed by atoms with Crippen molar-refractivity contribution in [1.29, 1.82) is 0 Å². The number of hydrogen-bond acceptors (Lipinski definition) is 7. The van der Waals surface area contributed by atoms with E-state index in [0.717, 1.165) is 11.0 Å². The molecule has 1 aliphatic rings. The number of halogens is 1. The average molecular weight is 517 g/mol. The van der Waals surface area contributed by atoms with Gasteiger partial charge < -0.3 is 34.8 Å². The summed E-state index contributed by atoms with van der Waals surface area (Å²) >= 11 is 3.41. The molecule has 0 bridgehead atoms. The molecule has 0 radical (unpaired) electrons. The first-order chi connectivity index (χ1) is 15.3. The molecule has 1 saturated heterocycles. The number of nitrogens with zero attached hydrogens (tertiary/aromatic N) is 4. The van der Waals surface area contributed by atoms with E-state index < -0.39 is 6.04 Å². The zero-order valence-corrected chi connectivity index (χ0v) is 21.4. The van der Waals surface area contributed by atoms with Gasteiger partial charge in [0.2, 0.25) is 5.91 Å². The van der Waals surface area contributed by atoms with Crippen LogP contribution in [0.3, 0.4) is 0 Å². The molecular weight excluding hydrogens is 480 g/mol. The van der Waals surface area contributed by atoms with Gasteiger partial charge in [-0.1, -0.05) is 22.0 Å². The topological polar surface area (TPSA) is 98.7 Å². The number of aliphatic imine (C=N–C) groups is 1. The summed E-state index contributed by atoms with van der Waals surface area (Å²) in [6.07, 6.45) is 5.72. The Morgan fingerprint density at radius 3 is 2.44 bits per heavy atom. The Morgan fingerprint density at radius 1 is 1.22 bits per heavy atom. The zero-order chi connectivity index (χ0) is 23.9. The molecule has 32 heavy (non-hydrogen) atoms. The van der Waals surface area contributed by atoms with Crippen LogP contribution in [0.25, 0.3) is 0 Å². The van der Waals surface area contributed by atoms with Crippen LogP contribution in [0.2, 0.25) is 0 Å². The Labute approximate surface area is 199 Å². The number of ether oxygens (including phenoxy) is 2. The van der Waals surface area contributed by atoms with Crippen molar-refractivity contribution in [2.24, 2.45) is 4.99 Å². The number of amidine groups is 1. The first kappa shape index (κ1) is 27.8. The van der Waals surface area contributed by atoms with Crippen LogP contribution >= 0.6 is 15.9 Å². The van der Waals surface area contributed by atoms with E-state index in [4.69, 9.17) is 9.47 Å². The molecule has 0 aliphatic carbocycles. The average Bonchev–Trinajstić information content (AvgIpc) is 2.79. The molecule has 1 aliphatic heterocycles. The van der Waals surface area contributed by atoms with Gasteiger partial charge in [-0.15, -0.1) is 0 Å². The molecular formula is C21H37BrN6O4. The van der Waals surface area contributed by atoms with E-state index in [2.05, 4.69) is 36.5 Å². The fourth-order valence-electron chi connectivity index (χ4n) is 2.90. The van der Waals surface area contributed by atoms with Crippen molar-refractivity contribution in [1.82, 2.24) is 25.3 Å². The minimum Gasteiger partial charge on any atom is -0.469 e. The normalized spacial score (nSPS) is 16.3. The highest BCUT2D eigenvalue weighted by Gasteiger charge is 2.23. The second kappa shape index (κ2) is 15.5. The fraction of sp³-hybridized carbons (Fsp3) is 0.667. The van der Waals surface area contributed by atoms with E-state index >= 15 is 0 Å². The monoisotopic (exact) mass is 516 g/mol. The maximum Gasteiger partial charge on any atom is 0.409 e. The molecule has 0 aromatic carbocycles. The third-order valence-electron chi connectivity index (χ3n) is 4.76. The first-order valence-corrected chi connectivity index (χ1v) is 11.7. The summed E-state index contributed by atoms with van der Waals surface area (Å²) < 4.78 is 10.4. The third-order valence-corrected chi connectivity index (χ3v) is 5.14. The molecule has 2 N–H and O–H groups in total. The lowest BCUT2D eigenvalue weighted by atomic mass is 10.2. The highest BCUT2D eigenvalue weighted by atomic mass is 79.9. The van der Waals surface area contributed by atoms with Gasteiger partial charge in [-0.2, -0.15) is 0 Å². The SMILES string of the molecule is CN=C(NC(C)C(=O)NC/C=C(\C=C/CBr)N1CCN(C(=O)OCCN(C)C)CC1)OC. The molecule has 182 valence electrons. The van der Waals surface area contributed by atoms with Gasteiger partial charge in [0, 0.05) is 57.3 Å². The minimum atomic E-state index is -0.481. The van der Waals surface area contributed by atoms with Crippen molar-refractivity contribution in [2.75, 3.05) is 79.5 Å². The van der Waals surface area contributed by atoms with Crippen LogP contribution in [-0.4, -0.2) is 118 Å². The second-order valence-electron chi connectivity index (χ2n) is 7.42. The Morgan fingerprint density at radius 2 is 1.88 bits per heavy atom. The number of rotatable bonds is 10. The lowest BCUT2D eigenvalue weighted by Crippen LogP contribution is -2.48. The smallest absolute Gasteiger partial charge is 0.409 e. The molecule has 1 atom stereocenters. The molecule has 0 saturated carbocycles. The highest BCUT2D eigenvalue weighted by Crippen LogP contribution is 2.12. The van der Waals surface area contributed by atoms with Crippen LogP contribution < -0.4 is 10.6 Å². The highest BCUT2D eigenvalue weighted by molar-refractivity contribution is 9.09. The summed E-state index contributed by atoms with van der Waals surface area (Å²) in [4.78, 5) is 34.3. The number of amides is 2. The van der Waals surface area contributed by atoms with Crippen LogP contribution in [0.4, 0.5) is 4.79 Å². The number of likely N-dealkylation sites (N-methyl/N-ethyl adjacent to an activating group) is 1. The van der Waals surface area contributed by atoms with Gasteiger partial charge in [-0.05, 0) is 33.2 Å². The Hall–Kier alpha value is -2.27. The van der Waals surface area contributed by atoms with Crippen molar-refractivity contribution in [3.05, 3.63) is 23.9 Å². The van der Waals surface area contributed by atoms with Crippen LogP contribution in [0.15, 0.2) is 28.9 Å². The Kier molecular flexibility index (Phi) is 13.5. The predicted octanol–water partition coefficient (Wildman–Crippen LogP) is 0.864. The second-order valence-corrected chi connectivity index (χ2v) is 8.07. The zero-order valence-electron chi connectivity index (χ0n) is 19.8. The summed E-state index contributed by atoms with van der Waals surface area (Å²) in [5.41, 5.74) is 0.999. The van der Waals surface area contributed by atoms with Crippen molar-refractivity contribution in [3.8, 4) is 0 Å². The number of nitrogens with one attached hydrogen (secondary N) is 2. The summed E-state index contributed by atoms with van der Waals surface area (Å²) in [6.45, 7) is 5.76. The summed E-state index contributed by atoms with van der Waals surface area (Å²) in [5.74, 6) is -0.159. The van der Waals surface area contributed by atoms with Crippen molar-refractivity contribution >= 4 is 34.0 Å². The van der Waals surface area contributed by atoms with Gasteiger partial charge in [-0.25, -0.2) is 9.79 Å². The predicted molar refractivity (Wildman–Crippen MR) is 130 cm³/mol. The number of carbonyl (C=O) groups excluding carboxylic acids is 2. The van der Waals surface area contributed by atoms with E-state index in [0.29, 0.717) is 51.9 Å². The number of methoxy groups -OCH3 is 1. The number of alkyl halides is 1. The van der Waals surface area contributed by atoms with Crippen LogP contribution in [0.5, 0.6) is 0 Å². The molecule has 0 spiro atoms. The molecule has 10 nitrogen and oxygen atoms in total. The first-order valence-electron chi connectivity index (χ1n) is 10.6. The van der Waals surface area contributed by atoms with Gasteiger partial charge in [0.05, 0.1) is 7.11 Å². The van der Waals surface area contributed by atoms with E-state index in [9.17, 15) is 9.59 Å². The van der Waals surface area contributed by atoms with Crippen molar-refractivity contribution < 1.29 is 19.1 Å². The van der Waals surface area contributed by atoms with E-state index in [-0.39, 0.29) is 12.0 Å². The summed E-state index contributed by atoms with van der Waals surface area (Å²) in [6, 6.07) is -0.173. The third kappa shape index (κ3) is 10.4. The minimum absolute atomic E-state index is 0.159. The molecule has 11 heteroatoms. The maximum absolute atomic E-state index is 12.3. The molecule has 1 heterocycles. The Balaban J connectivity index is 2.58. The molecule has 1 unspecified atom stereocenters. The van der Waals surface area contributed by atoms with E-state index in [1.807, 2.05) is 37.2 Å². The number of carbonyl (C=O) groups is 2. The van der Waals surface area contributed by atoms with E-state index in [1.54, 1.807) is 18.9 Å². The quantitative estimate of drug-likeness (QED) is 0.192. The lowest BCUT2D eigenvalue weighted by Gasteiger charge is -2.36. The summed E-state index contributed by atoms with van der Waals surface area (Å²) in [5, 5.41) is 6.52. The van der Waals surface area contributed by atoms with Gasteiger partial charge >= 0.3 is 6.09 Å². The summed E-state index contributed by atoms with van der Waals surface area (Å²) in [7, 11) is 6.97. The van der Waals surface area contributed by atoms with Crippen molar-refractivity contribution in [3.63, 3.8) is 0 Å². The number of hydrogen-bond donors (Lipinski definition) is 2. The number of allylic oxidation sites excluding steroid dienone is 2. The van der Waals surface area contributed by atoms with E-state index in [1.165, 1.54) is 7.11 Å². The van der Waals surface area contributed by atoms with Crippen LogP contribution in [0.1, 0.15) is 6.92 Å². The molecule has 1 fully saturated rings. The van der Waals surface area contributed by atoms with Gasteiger partial charge in [-0.3, -0.25) is 4.79 Å². The molecule has 2 amide bonds. The van der Waals surface area contributed by atoms with Gasteiger partial charge in [0.15, 0.2) is 0 Å². The molecule has 0 aromatic heterocycles. The molecule has 1 rings (SSSR count). The van der Waals surface area contributed by atoms with Gasteiger partial charge in [0.25, 0.3) is 6.02 Å². The Bertz CT molecular complexity index is 675. The standard InChI is InChI=1S/C21H37BrN6O4/c1-17(25-20(23-2)31-5)19(29)24-10-8-18(7-6-9-22)27-11-13-28(14-12-27)21(30)32-16-15-26(3)4/h6-8,17H,9-16H2,1-5H3,(H,23,25)(H,24,29)/b7-6-,18-8+. The lowest BCUT2D eigenvalue weighted by molar-refractivity contribution is -0.122. The number of piperazine rings is 1. The fourth-order valence-corrected chi connectivity index (χ4v) is 3.08. The van der Waals surface area contributed by atoms with Crippen LogP contribution in [-0.2, 0) is 14.3 Å². The van der Waals surface area contributed by atoms with Crippen molar-refractivity contribution in [2.45, 2.75) is 13.0 Å². The van der Waals surface area contributed by atoms with Gasteiger partial charge in [0.1, 0.15) is 12.6 Å². The van der Waals surface area contributed by atoms with Crippen LogP contribution in [0, 0.1) is 0 Å².